The molecule has 0 atom stereocenters. The lowest BCUT2D eigenvalue weighted by Crippen LogP contribution is -2.27. The lowest BCUT2D eigenvalue weighted by atomic mass is 10.1. The van der Waals surface area contributed by atoms with Gasteiger partial charge in [-0.1, -0.05) is 11.8 Å². The normalized spacial score (nSPS) is 12.6. The molecule has 34 heavy (non-hydrogen) atoms. The Bertz CT molecular complexity index is 1320. The predicted molar refractivity (Wildman–Crippen MR) is 128 cm³/mol. The summed E-state index contributed by atoms with van der Waals surface area (Å²) in [7, 11) is 0. The first kappa shape index (κ1) is 22.2. The van der Waals surface area contributed by atoms with Crippen molar-refractivity contribution in [3.63, 3.8) is 0 Å². The van der Waals surface area contributed by atoms with Crippen LogP contribution in [0.15, 0.2) is 51.3 Å². The highest BCUT2D eigenvalue weighted by Gasteiger charge is 2.21. The van der Waals surface area contributed by atoms with E-state index >= 15 is 0 Å². The van der Waals surface area contributed by atoms with Gasteiger partial charge in [-0.2, -0.15) is 0 Å². The fourth-order valence-corrected chi connectivity index (χ4v) is 5.01. The van der Waals surface area contributed by atoms with Crippen LogP contribution >= 0.6 is 11.8 Å². The molecule has 0 radical (unpaired) electrons. The van der Waals surface area contributed by atoms with Crippen LogP contribution in [-0.4, -0.2) is 50.3 Å². The van der Waals surface area contributed by atoms with Gasteiger partial charge in [-0.25, -0.2) is 20.4 Å². The monoisotopic (exact) mass is 480 g/mol. The maximum absolute atomic E-state index is 11.2. The molecule has 12 heteroatoms. The summed E-state index contributed by atoms with van der Waals surface area (Å²) in [6.07, 6.45) is 4.23. The average molecular weight is 481 g/mol. The number of imidazole rings is 1. The summed E-state index contributed by atoms with van der Waals surface area (Å²) in [6, 6.07) is 8.12. The number of hydrogen-bond acceptors (Lipinski definition) is 10. The molecule has 0 aliphatic carbocycles. The van der Waals surface area contributed by atoms with E-state index in [1.807, 2.05) is 16.7 Å². The smallest absolute Gasteiger partial charge is 0.244 e. The van der Waals surface area contributed by atoms with Crippen LogP contribution in [-0.2, 0) is 17.8 Å². The Morgan fingerprint density at radius 2 is 2.24 bits per heavy atom. The second kappa shape index (κ2) is 9.71. The van der Waals surface area contributed by atoms with Crippen LogP contribution in [0.1, 0.15) is 12.0 Å². The molecule has 0 saturated carbocycles. The summed E-state index contributed by atoms with van der Waals surface area (Å²) in [5.74, 6) is 0.668. The number of hydroxylamine groups is 1. The highest BCUT2D eigenvalue weighted by Crippen LogP contribution is 2.41. The van der Waals surface area contributed by atoms with Crippen molar-refractivity contribution in [2.45, 2.75) is 29.4 Å². The van der Waals surface area contributed by atoms with Gasteiger partial charge < -0.3 is 25.4 Å². The molecule has 1 amide bonds. The largest absolute Gasteiger partial charge is 0.464 e. The maximum Gasteiger partial charge on any atom is 0.244 e. The molecule has 0 fully saturated rings. The van der Waals surface area contributed by atoms with E-state index in [2.05, 4.69) is 32.7 Å². The zero-order valence-electron chi connectivity index (χ0n) is 18.2. The number of aromatic nitrogens is 4. The number of benzene rings is 1. The van der Waals surface area contributed by atoms with E-state index in [9.17, 15) is 4.79 Å². The average Bonchev–Trinajstić information content (AvgIpc) is 3.59. The van der Waals surface area contributed by atoms with E-state index in [1.165, 1.54) is 23.7 Å². The number of nitrogens with zero attached hydrogens (tertiary/aromatic N) is 4. The Balaban J connectivity index is 1.47. The Morgan fingerprint density at radius 1 is 1.32 bits per heavy atom. The first-order chi connectivity index (χ1) is 16.6. The quantitative estimate of drug-likeness (QED) is 0.137. The minimum Gasteiger partial charge on any atom is -0.464 e. The molecule has 6 N–H and O–H groups in total. The van der Waals surface area contributed by atoms with Gasteiger partial charge in [0.25, 0.3) is 0 Å². The summed E-state index contributed by atoms with van der Waals surface area (Å²) in [4.78, 5) is 25.5. The number of nitrogens with two attached hydrogens (primary N) is 1. The number of rotatable bonds is 9. The van der Waals surface area contributed by atoms with Gasteiger partial charge in [0, 0.05) is 48.7 Å². The molecular formula is C22H24N8O3S. The zero-order valence-corrected chi connectivity index (χ0v) is 19.1. The van der Waals surface area contributed by atoms with Gasteiger partial charge in [-0.15, -0.1) is 0 Å². The van der Waals surface area contributed by atoms with Crippen LogP contribution in [0.4, 0.5) is 11.5 Å². The van der Waals surface area contributed by atoms with Crippen LogP contribution < -0.4 is 21.8 Å². The molecule has 1 aliphatic rings. The molecular weight excluding hydrogens is 456 g/mol. The summed E-state index contributed by atoms with van der Waals surface area (Å²) in [6.45, 7) is 2.46. The van der Waals surface area contributed by atoms with Gasteiger partial charge in [-0.3, -0.25) is 10.0 Å². The van der Waals surface area contributed by atoms with Crippen molar-refractivity contribution in [3.8, 4) is 11.3 Å². The predicted octanol–water partition coefficient (Wildman–Crippen LogP) is 2.27. The number of nitrogens with one attached hydrogen (secondary N) is 3. The van der Waals surface area contributed by atoms with Crippen molar-refractivity contribution in [1.82, 2.24) is 30.3 Å². The van der Waals surface area contributed by atoms with E-state index in [4.69, 9.17) is 20.3 Å². The third-order valence-electron chi connectivity index (χ3n) is 5.59. The minimum atomic E-state index is -0.436. The molecule has 1 aromatic carbocycles. The van der Waals surface area contributed by atoms with E-state index in [-0.39, 0.29) is 6.42 Å². The summed E-state index contributed by atoms with van der Waals surface area (Å²) in [5, 5.41) is 16.0. The Hall–Kier alpha value is -3.61. The molecule has 0 spiro atoms. The van der Waals surface area contributed by atoms with Crippen LogP contribution in [0.3, 0.4) is 0 Å². The van der Waals surface area contributed by atoms with Crippen molar-refractivity contribution in [2.24, 2.45) is 0 Å². The number of carbonyl (C=O) groups excluding carboxylic acids is 1. The Labute approximate surface area is 199 Å². The number of amides is 1. The summed E-state index contributed by atoms with van der Waals surface area (Å²) in [5.41, 5.74) is 12.3. The summed E-state index contributed by atoms with van der Waals surface area (Å²) < 4.78 is 7.71. The molecule has 11 nitrogen and oxygen atoms in total. The number of hydrogen-bond donors (Lipinski definition) is 5. The molecule has 4 aromatic rings. The zero-order chi connectivity index (χ0) is 23.5. The molecule has 176 valence electrons. The fraction of sp³-hybridized carbons (Fsp3) is 0.273. The van der Waals surface area contributed by atoms with E-state index in [0.29, 0.717) is 36.6 Å². The number of carbonyl (C=O) groups is 1. The first-order valence-electron chi connectivity index (χ1n) is 10.9. The molecule has 5 rings (SSSR count). The van der Waals surface area contributed by atoms with Crippen molar-refractivity contribution in [3.05, 3.63) is 42.4 Å². The standard InChI is InChI=1S/C22H24N8O3S/c23-20-19-21(27-12-26-20)30(8-7-24-5-4-18(31)29-32)22(28-19)34-17-10-13-3-6-25-15(13)11-14(17)16-2-1-9-33-16/h1-2,9-12,24-25,32H,3-8H2,(H,29,31)(H2,23,26,27). The van der Waals surface area contributed by atoms with Gasteiger partial charge in [0.15, 0.2) is 22.1 Å². The Morgan fingerprint density at radius 3 is 3.06 bits per heavy atom. The lowest BCUT2D eigenvalue weighted by molar-refractivity contribution is -0.129. The minimum absolute atomic E-state index is 0.174. The van der Waals surface area contributed by atoms with Crippen LogP contribution in [0.2, 0.25) is 0 Å². The van der Waals surface area contributed by atoms with Gasteiger partial charge in [0.2, 0.25) is 5.91 Å². The third kappa shape index (κ3) is 4.42. The highest BCUT2D eigenvalue weighted by molar-refractivity contribution is 7.99. The van der Waals surface area contributed by atoms with E-state index in [0.717, 1.165) is 40.0 Å². The Kier molecular flexibility index (Phi) is 6.34. The highest BCUT2D eigenvalue weighted by atomic mass is 32.2. The van der Waals surface area contributed by atoms with E-state index in [1.54, 1.807) is 11.7 Å². The van der Waals surface area contributed by atoms with Gasteiger partial charge in [-0.05, 0) is 36.2 Å². The van der Waals surface area contributed by atoms with Crippen molar-refractivity contribution in [1.29, 1.82) is 0 Å². The topological polar surface area (TPSA) is 156 Å². The van der Waals surface area contributed by atoms with Crippen molar-refractivity contribution >= 4 is 40.3 Å². The van der Waals surface area contributed by atoms with Gasteiger partial charge in [0.05, 0.1) is 6.26 Å². The van der Waals surface area contributed by atoms with Gasteiger partial charge in [0.1, 0.15) is 12.1 Å². The number of fused-ring (bicyclic) bond motifs is 2. The molecule has 4 heterocycles. The molecule has 3 aromatic heterocycles. The lowest BCUT2D eigenvalue weighted by Gasteiger charge is -2.12. The number of nitrogen functional groups attached to an aromatic ring is 1. The van der Waals surface area contributed by atoms with E-state index < -0.39 is 5.91 Å². The maximum atomic E-state index is 11.2. The molecule has 0 unspecified atom stereocenters. The first-order valence-corrected chi connectivity index (χ1v) is 11.7. The van der Waals surface area contributed by atoms with Crippen LogP contribution in [0.25, 0.3) is 22.5 Å². The van der Waals surface area contributed by atoms with Crippen molar-refractivity contribution in [2.75, 3.05) is 30.7 Å². The SMILES string of the molecule is Nc1ncnc2c1nc(Sc1cc3c(cc1-c1ccco1)NCC3)n2CCNCCC(=O)NO. The molecule has 0 bridgehead atoms. The number of furan rings is 1. The van der Waals surface area contributed by atoms with Gasteiger partial charge >= 0.3 is 0 Å². The number of anilines is 2. The van der Waals surface area contributed by atoms with Crippen molar-refractivity contribution < 1.29 is 14.4 Å². The van der Waals surface area contributed by atoms with Crippen LogP contribution in [0.5, 0.6) is 0 Å². The third-order valence-corrected chi connectivity index (χ3v) is 6.65. The second-order valence-electron chi connectivity index (χ2n) is 7.77. The fourth-order valence-electron chi connectivity index (χ4n) is 3.92. The molecule has 0 saturated heterocycles. The second-order valence-corrected chi connectivity index (χ2v) is 8.78. The molecule has 1 aliphatic heterocycles. The summed E-state index contributed by atoms with van der Waals surface area (Å²) >= 11 is 1.53. The van der Waals surface area contributed by atoms with Crippen LogP contribution in [0, 0.1) is 0 Å².